The van der Waals surface area contributed by atoms with Crippen molar-refractivity contribution >= 4 is 5.91 Å². The van der Waals surface area contributed by atoms with Gasteiger partial charge in [-0.3, -0.25) is 4.79 Å². The fraction of sp³-hybridized carbons (Fsp3) is 0.846. The molecule has 4 atom stereocenters. The molecule has 0 aromatic heterocycles. The summed E-state index contributed by atoms with van der Waals surface area (Å²) in [6, 6.07) is 2.12. The number of hydrogen-bond acceptors (Lipinski definition) is 2. The van der Waals surface area contributed by atoms with E-state index in [9.17, 15) is 4.79 Å². The van der Waals surface area contributed by atoms with Crippen LogP contribution in [0.4, 0.5) is 0 Å². The quantitative estimate of drug-likeness (QED) is 0.793. The van der Waals surface area contributed by atoms with Crippen LogP contribution in [0, 0.1) is 35.0 Å². The van der Waals surface area contributed by atoms with Crippen molar-refractivity contribution in [3.63, 3.8) is 0 Å². The molecule has 3 nitrogen and oxygen atoms in total. The van der Waals surface area contributed by atoms with Gasteiger partial charge in [0.1, 0.15) is 0 Å². The van der Waals surface area contributed by atoms with Gasteiger partial charge in [-0.1, -0.05) is 20.3 Å². The highest BCUT2D eigenvalue weighted by Gasteiger charge is 2.32. The fourth-order valence-electron chi connectivity index (χ4n) is 2.76. The zero-order valence-electron chi connectivity index (χ0n) is 10.5. The van der Waals surface area contributed by atoms with Gasteiger partial charge in [-0.2, -0.15) is 5.26 Å². The summed E-state index contributed by atoms with van der Waals surface area (Å²) in [5.74, 6) is 1.97. The van der Waals surface area contributed by atoms with Crippen LogP contribution < -0.4 is 5.32 Å². The first-order valence-electron chi connectivity index (χ1n) is 6.18. The third-order valence-corrected chi connectivity index (χ3v) is 4.18. The van der Waals surface area contributed by atoms with Crippen molar-refractivity contribution in [1.29, 1.82) is 5.26 Å². The van der Waals surface area contributed by atoms with Crippen LogP contribution in [0.15, 0.2) is 0 Å². The van der Waals surface area contributed by atoms with E-state index in [1.54, 1.807) is 7.05 Å². The highest BCUT2D eigenvalue weighted by molar-refractivity contribution is 5.78. The minimum Gasteiger partial charge on any atom is -0.359 e. The average Bonchev–Trinajstić information content (AvgIpc) is 2.59. The summed E-state index contributed by atoms with van der Waals surface area (Å²) in [5, 5.41) is 11.4. The molecule has 0 heterocycles. The summed E-state index contributed by atoms with van der Waals surface area (Å²) in [7, 11) is 1.65. The Bertz CT molecular complexity index is 282. The van der Waals surface area contributed by atoms with Gasteiger partial charge in [0.25, 0.3) is 0 Å². The number of carbonyl (C=O) groups is 1. The molecule has 0 aromatic rings. The SMILES string of the molecule is CNC(=O)C(CC#N)C[C@H]1CC[C@@H](C)[C@H]1C. The van der Waals surface area contributed by atoms with Crippen LogP contribution in [0.3, 0.4) is 0 Å². The number of nitriles is 1. The van der Waals surface area contributed by atoms with Crippen LogP contribution in [0.2, 0.25) is 0 Å². The van der Waals surface area contributed by atoms with E-state index in [1.165, 1.54) is 12.8 Å². The highest BCUT2D eigenvalue weighted by atomic mass is 16.1. The van der Waals surface area contributed by atoms with Gasteiger partial charge in [-0.05, 0) is 30.6 Å². The molecule has 0 aromatic carbocycles. The van der Waals surface area contributed by atoms with Gasteiger partial charge in [0.15, 0.2) is 0 Å². The molecule has 90 valence electrons. The molecular formula is C13H22N2O. The lowest BCUT2D eigenvalue weighted by molar-refractivity contribution is -0.125. The Morgan fingerprint density at radius 2 is 2.19 bits per heavy atom. The van der Waals surface area contributed by atoms with Gasteiger partial charge in [-0.15, -0.1) is 0 Å². The minimum atomic E-state index is -0.118. The minimum absolute atomic E-state index is 0.0216. The van der Waals surface area contributed by atoms with E-state index in [2.05, 4.69) is 25.2 Å². The van der Waals surface area contributed by atoms with Gasteiger partial charge < -0.3 is 5.32 Å². The molecule has 16 heavy (non-hydrogen) atoms. The Labute approximate surface area is 98.2 Å². The van der Waals surface area contributed by atoms with Crippen LogP contribution >= 0.6 is 0 Å². The molecule has 0 saturated heterocycles. The van der Waals surface area contributed by atoms with Gasteiger partial charge in [-0.25, -0.2) is 0 Å². The first-order chi connectivity index (χ1) is 7.60. The molecule has 1 aliphatic rings. The van der Waals surface area contributed by atoms with E-state index in [0.717, 1.165) is 12.3 Å². The van der Waals surface area contributed by atoms with Crippen molar-refractivity contribution in [2.45, 2.75) is 39.5 Å². The lowest BCUT2D eigenvalue weighted by Crippen LogP contribution is -2.29. The second-order valence-corrected chi connectivity index (χ2v) is 5.08. The first-order valence-corrected chi connectivity index (χ1v) is 6.18. The summed E-state index contributed by atoms with van der Waals surface area (Å²) in [4.78, 5) is 11.6. The second kappa shape index (κ2) is 5.89. The molecule has 0 radical (unpaired) electrons. The lowest BCUT2D eigenvalue weighted by atomic mass is 9.84. The normalized spacial score (nSPS) is 30.8. The Morgan fingerprint density at radius 1 is 1.50 bits per heavy atom. The van der Waals surface area contributed by atoms with E-state index in [1.807, 2.05) is 0 Å². The predicted molar refractivity (Wildman–Crippen MR) is 63.5 cm³/mol. The molecule has 0 bridgehead atoms. The maximum Gasteiger partial charge on any atom is 0.223 e. The standard InChI is InChI=1S/C13H22N2O/c1-9-4-5-11(10(9)2)8-12(6-7-14)13(16)15-3/h9-12H,4-6,8H2,1-3H3,(H,15,16)/t9-,10-,11-,12?/m1/s1. The topological polar surface area (TPSA) is 52.9 Å². The smallest absolute Gasteiger partial charge is 0.223 e. The van der Waals surface area contributed by atoms with Crippen LogP contribution in [0.5, 0.6) is 0 Å². The van der Waals surface area contributed by atoms with Gasteiger partial charge in [0.2, 0.25) is 5.91 Å². The molecule has 1 rings (SSSR count). The molecule has 3 heteroatoms. The number of nitrogens with zero attached hydrogens (tertiary/aromatic N) is 1. The summed E-state index contributed by atoms with van der Waals surface area (Å²) in [6.07, 6.45) is 3.69. The van der Waals surface area contributed by atoms with Crippen LogP contribution in [-0.4, -0.2) is 13.0 Å². The molecule has 1 unspecified atom stereocenters. The zero-order valence-corrected chi connectivity index (χ0v) is 10.5. The Morgan fingerprint density at radius 3 is 2.62 bits per heavy atom. The van der Waals surface area contributed by atoms with E-state index in [-0.39, 0.29) is 11.8 Å². The molecule has 0 aliphatic heterocycles. The van der Waals surface area contributed by atoms with E-state index >= 15 is 0 Å². The van der Waals surface area contributed by atoms with Crippen LogP contribution in [0.25, 0.3) is 0 Å². The monoisotopic (exact) mass is 222 g/mol. The Kier molecular flexibility index (Phi) is 4.79. The highest BCUT2D eigenvalue weighted by Crippen LogP contribution is 2.40. The van der Waals surface area contributed by atoms with Gasteiger partial charge >= 0.3 is 0 Å². The van der Waals surface area contributed by atoms with Gasteiger partial charge in [0, 0.05) is 13.5 Å². The number of nitrogens with one attached hydrogen (secondary N) is 1. The molecular weight excluding hydrogens is 200 g/mol. The van der Waals surface area contributed by atoms with E-state index < -0.39 is 0 Å². The summed E-state index contributed by atoms with van der Waals surface area (Å²) in [6.45, 7) is 4.56. The summed E-state index contributed by atoms with van der Waals surface area (Å²) in [5.41, 5.74) is 0. The average molecular weight is 222 g/mol. The van der Waals surface area contributed by atoms with Crippen molar-refractivity contribution < 1.29 is 4.79 Å². The van der Waals surface area contributed by atoms with Crippen LogP contribution in [-0.2, 0) is 4.79 Å². The Balaban J connectivity index is 2.55. The second-order valence-electron chi connectivity index (χ2n) is 5.08. The van der Waals surface area contributed by atoms with Crippen molar-refractivity contribution in [3.8, 4) is 6.07 Å². The van der Waals surface area contributed by atoms with Crippen LogP contribution in [0.1, 0.15) is 39.5 Å². The molecule has 1 saturated carbocycles. The number of hydrogen-bond donors (Lipinski definition) is 1. The number of amides is 1. The Hall–Kier alpha value is -1.04. The number of carbonyl (C=O) groups excluding carboxylic acids is 1. The first kappa shape index (κ1) is 13.0. The summed E-state index contributed by atoms with van der Waals surface area (Å²) >= 11 is 0. The van der Waals surface area contributed by atoms with Crippen molar-refractivity contribution in [1.82, 2.24) is 5.32 Å². The molecule has 1 fully saturated rings. The fourth-order valence-corrected chi connectivity index (χ4v) is 2.76. The third-order valence-electron chi connectivity index (χ3n) is 4.18. The van der Waals surface area contributed by atoms with Crippen molar-refractivity contribution in [2.24, 2.45) is 23.7 Å². The zero-order chi connectivity index (χ0) is 12.1. The molecule has 1 aliphatic carbocycles. The van der Waals surface area contributed by atoms with Gasteiger partial charge in [0.05, 0.1) is 12.0 Å². The molecule has 0 spiro atoms. The molecule has 1 N–H and O–H groups in total. The predicted octanol–water partition coefficient (Wildman–Crippen LogP) is 2.33. The number of rotatable bonds is 4. The van der Waals surface area contributed by atoms with E-state index in [0.29, 0.717) is 18.3 Å². The summed E-state index contributed by atoms with van der Waals surface area (Å²) < 4.78 is 0. The largest absolute Gasteiger partial charge is 0.359 e. The van der Waals surface area contributed by atoms with E-state index in [4.69, 9.17) is 5.26 Å². The molecule has 1 amide bonds. The maximum absolute atomic E-state index is 11.6. The maximum atomic E-state index is 11.6. The van der Waals surface area contributed by atoms with Crippen molar-refractivity contribution in [3.05, 3.63) is 0 Å². The third kappa shape index (κ3) is 2.98. The lowest BCUT2D eigenvalue weighted by Gasteiger charge is -2.22. The van der Waals surface area contributed by atoms with Crippen molar-refractivity contribution in [2.75, 3.05) is 7.05 Å².